The number of aryl methyl sites for hydroxylation is 1. The van der Waals surface area contributed by atoms with Gasteiger partial charge < -0.3 is 10.2 Å². The molecule has 0 aliphatic rings. The molecule has 35 heavy (non-hydrogen) atoms. The zero-order valence-electron chi connectivity index (χ0n) is 21.1. The van der Waals surface area contributed by atoms with Gasteiger partial charge in [-0.2, -0.15) is 0 Å². The molecule has 0 heterocycles. The van der Waals surface area contributed by atoms with Gasteiger partial charge in [0.15, 0.2) is 0 Å². The minimum Gasteiger partial charge on any atom is -0.352 e. The van der Waals surface area contributed by atoms with Gasteiger partial charge in [0, 0.05) is 30.6 Å². The molecule has 1 N–H and O–H groups in total. The van der Waals surface area contributed by atoms with Crippen LogP contribution in [-0.2, 0) is 26.2 Å². The lowest BCUT2D eigenvalue weighted by Gasteiger charge is -2.30. The highest BCUT2D eigenvalue weighted by Crippen LogP contribution is 2.27. The molecule has 2 atom stereocenters. The van der Waals surface area contributed by atoms with E-state index in [9.17, 15) is 18.0 Å². The number of carbonyl (C=O) groups is 2. The maximum atomic E-state index is 13.3. The summed E-state index contributed by atoms with van der Waals surface area (Å²) in [6.45, 7) is 7.85. The van der Waals surface area contributed by atoms with Crippen LogP contribution in [0.3, 0.4) is 0 Å². The first-order valence-corrected chi connectivity index (χ1v) is 14.0. The molecule has 0 bridgehead atoms. The molecular weight excluding hydrogens is 486 g/mol. The van der Waals surface area contributed by atoms with Crippen LogP contribution in [0.1, 0.15) is 51.2 Å². The Hall–Kier alpha value is -2.58. The van der Waals surface area contributed by atoms with E-state index in [-0.39, 0.29) is 37.4 Å². The van der Waals surface area contributed by atoms with Crippen molar-refractivity contribution in [3.05, 3.63) is 64.7 Å². The monoisotopic (exact) mass is 521 g/mol. The van der Waals surface area contributed by atoms with Crippen molar-refractivity contribution in [3.63, 3.8) is 0 Å². The Labute approximate surface area is 214 Å². The van der Waals surface area contributed by atoms with Crippen LogP contribution < -0.4 is 9.62 Å². The molecule has 192 valence electrons. The molecule has 2 aromatic carbocycles. The summed E-state index contributed by atoms with van der Waals surface area (Å²) in [7, 11) is -3.58. The van der Waals surface area contributed by atoms with E-state index in [0.717, 1.165) is 23.8 Å². The van der Waals surface area contributed by atoms with Crippen molar-refractivity contribution in [1.82, 2.24) is 10.2 Å². The van der Waals surface area contributed by atoms with Crippen LogP contribution >= 0.6 is 11.6 Å². The molecule has 0 aliphatic carbocycles. The largest absolute Gasteiger partial charge is 0.352 e. The molecule has 2 rings (SSSR count). The highest BCUT2D eigenvalue weighted by Gasteiger charge is 2.27. The number of nitrogens with zero attached hydrogens (tertiary/aromatic N) is 2. The van der Waals surface area contributed by atoms with Crippen LogP contribution in [0.4, 0.5) is 5.69 Å². The fraction of sp³-hybridized carbons (Fsp3) is 0.462. The lowest BCUT2D eigenvalue weighted by molar-refractivity contribution is -0.140. The van der Waals surface area contributed by atoms with Gasteiger partial charge in [0.2, 0.25) is 21.8 Å². The fourth-order valence-corrected chi connectivity index (χ4v) is 4.84. The van der Waals surface area contributed by atoms with Gasteiger partial charge in [0.1, 0.15) is 6.04 Å². The molecule has 0 unspecified atom stereocenters. The van der Waals surface area contributed by atoms with Crippen molar-refractivity contribution in [2.24, 2.45) is 0 Å². The van der Waals surface area contributed by atoms with E-state index >= 15 is 0 Å². The Kier molecular flexibility index (Phi) is 10.6. The average molecular weight is 522 g/mol. The number of nitrogens with one attached hydrogen (secondary N) is 1. The van der Waals surface area contributed by atoms with Gasteiger partial charge in [-0.25, -0.2) is 8.42 Å². The summed E-state index contributed by atoms with van der Waals surface area (Å²) in [5.74, 6) is -0.423. The zero-order chi connectivity index (χ0) is 26.2. The van der Waals surface area contributed by atoms with Crippen molar-refractivity contribution in [2.45, 2.75) is 65.6 Å². The van der Waals surface area contributed by atoms with E-state index < -0.39 is 16.1 Å². The first-order chi connectivity index (χ1) is 16.4. The molecule has 0 aromatic heterocycles. The summed E-state index contributed by atoms with van der Waals surface area (Å²) in [4.78, 5) is 27.7. The predicted octanol–water partition coefficient (Wildman–Crippen LogP) is 4.53. The van der Waals surface area contributed by atoms with Gasteiger partial charge in [-0.15, -0.1) is 0 Å². The first-order valence-electron chi connectivity index (χ1n) is 11.8. The first kappa shape index (κ1) is 28.7. The summed E-state index contributed by atoms with van der Waals surface area (Å²) in [6, 6.07) is 13.9. The van der Waals surface area contributed by atoms with E-state index in [1.165, 1.54) is 4.31 Å². The maximum absolute atomic E-state index is 13.3. The number of anilines is 1. The van der Waals surface area contributed by atoms with Crippen LogP contribution in [-0.4, -0.2) is 50.0 Å². The fourth-order valence-electron chi connectivity index (χ4n) is 3.66. The zero-order valence-corrected chi connectivity index (χ0v) is 22.7. The van der Waals surface area contributed by atoms with Crippen LogP contribution in [0, 0.1) is 6.92 Å². The number of sulfonamides is 1. The quantitative estimate of drug-likeness (QED) is 0.444. The third-order valence-corrected chi connectivity index (χ3v) is 7.37. The Morgan fingerprint density at radius 1 is 1.09 bits per heavy atom. The second-order valence-corrected chi connectivity index (χ2v) is 11.2. The lowest BCUT2D eigenvalue weighted by Crippen LogP contribution is -2.49. The Morgan fingerprint density at radius 3 is 2.34 bits per heavy atom. The molecule has 7 nitrogen and oxygen atoms in total. The average Bonchev–Trinajstić information content (AvgIpc) is 2.81. The minimum absolute atomic E-state index is 0.00267. The second-order valence-electron chi connectivity index (χ2n) is 8.87. The van der Waals surface area contributed by atoms with E-state index in [1.54, 1.807) is 30.0 Å². The Balaban J connectivity index is 2.18. The molecule has 2 amide bonds. The second kappa shape index (κ2) is 12.9. The molecular formula is C26H36ClN3O4S. The van der Waals surface area contributed by atoms with E-state index in [1.807, 2.05) is 51.1 Å². The van der Waals surface area contributed by atoms with Crippen molar-refractivity contribution < 1.29 is 18.0 Å². The van der Waals surface area contributed by atoms with Crippen molar-refractivity contribution >= 4 is 39.1 Å². The molecule has 9 heteroatoms. The topological polar surface area (TPSA) is 86.8 Å². The van der Waals surface area contributed by atoms with Crippen LogP contribution in [0.5, 0.6) is 0 Å². The molecule has 0 spiro atoms. The summed E-state index contributed by atoms with van der Waals surface area (Å²) in [6.07, 6.45) is 2.32. The van der Waals surface area contributed by atoms with E-state index in [4.69, 9.17) is 11.6 Å². The Bertz CT molecular complexity index is 1110. The third-order valence-electron chi connectivity index (χ3n) is 5.96. The van der Waals surface area contributed by atoms with Crippen molar-refractivity contribution in [2.75, 3.05) is 17.1 Å². The minimum atomic E-state index is -3.58. The molecule has 0 aliphatic heterocycles. The van der Waals surface area contributed by atoms with Gasteiger partial charge >= 0.3 is 0 Å². The standard InChI is InChI=1S/C26H36ClN3O4S/c1-6-20(3)28-26(32)21(4)29(18-22-11-8-7-9-12-22)25(31)13-10-16-30(35(5,33)34)24-17-23(27)15-14-19(24)2/h7-9,11-12,14-15,17,20-21H,6,10,13,16,18H2,1-5H3,(H,28,32)/t20-,21+/m0/s1. The summed E-state index contributed by atoms with van der Waals surface area (Å²) < 4.78 is 26.3. The van der Waals surface area contributed by atoms with Gasteiger partial charge in [0.25, 0.3) is 0 Å². The normalized spacial score (nSPS) is 13.1. The van der Waals surface area contributed by atoms with E-state index in [0.29, 0.717) is 17.1 Å². The number of benzene rings is 2. The molecule has 0 radical (unpaired) electrons. The molecule has 0 fully saturated rings. The third kappa shape index (κ3) is 8.54. The van der Waals surface area contributed by atoms with Crippen LogP contribution in [0.2, 0.25) is 5.02 Å². The maximum Gasteiger partial charge on any atom is 0.242 e. The van der Waals surface area contributed by atoms with Crippen molar-refractivity contribution in [3.8, 4) is 0 Å². The number of halogens is 1. The molecule has 0 saturated carbocycles. The number of carbonyl (C=O) groups excluding carboxylic acids is 2. The van der Waals surface area contributed by atoms with Gasteiger partial charge in [-0.05, 0) is 56.9 Å². The number of rotatable bonds is 12. The Morgan fingerprint density at radius 2 is 1.74 bits per heavy atom. The van der Waals surface area contributed by atoms with Crippen LogP contribution in [0.25, 0.3) is 0 Å². The van der Waals surface area contributed by atoms with Gasteiger partial charge in [0.05, 0.1) is 11.9 Å². The predicted molar refractivity (Wildman–Crippen MR) is 142 cm³/mol. The molecule has 0 saturated heterocycles. The number of hydrogen-bond acceptors (Lipinski definition) is 4. The van der Waals surface area contributed by atoms with Crippen molar-refractivity contribution in [1.29, 1.82) is 0 Å². The van der Waals surface area contributed by atoms with Gasteiger partial charge in [-0.3, -0.25) is 13.9 Å². The van der Waals surface area contributed by atoms with Gasteiger partial charge in [-0.1, -0.05) is 54.9 Å². The number of hydrogen-bond donors (Lipinski definition) is 1. The highest BCUT2D eigenvalue weighted by molar-refractivity contribution is 7.92. The summed E-state index contributed by atoms with van der Waals surface area (Å²) in [5, 5.41) is 3.38. The summed E-state index contributed by atoms with van der Waals surface area (Å²) in [5.41, 5.74) is 2.18. The smallest absolute Gasteiger partial charge is 0.242 e. The highest BCUT2D eigenvalue weighted by atomic mass is 35.5. The molecule has 2 aromatic rings. The van der Waals surface area contributed by atoms with Crippen LogP contribution in [0.15, 0.2) is 48.5 Å². The lowest BCUT2D eigenvalue weighted by atomic mass is 10.1. The summed E-state index contributed by atoms with van der Waals surface area (Å²) >= 11 is 6.10. The van der Waals surface area contributed by atoms with E-state index in [2.05, 4.69) is 5.32 Å². The number of amides is 2. The SMILES string of the molecule is CC[C@H](C)NC(=O)[C@@H](C)N(Cc1ccccc1)C(=O)CCCN(c1cc(Cl)ccc1C)S(C)(=O)=O.